The highest BCUT2D eigenvalue weighted by molar-refractivity contribution is 5.76. The van der Waals surface area contributed by atoms with Crippen molar-refractivity contribution in [3.8, 4) is 17.9 Å². The summed E-state index contributed by atoms with van der Waals surface area (Å²) in [6.07, 6.45) is 0.0126. The lowest BCUT2D eigenvalue weighted by Gasteiger charge is -1.96. The predicted molar refractivity (Wildman–Crippen MR) is 56.6 cm³/mol. The lowest BCUT2D eigenvalue weighted by molar-refractivity contribution is -0.117. The van der Waals surface area contributed by atoms with Crippen LogP contribution in [0.2, 0.25) is 0 Å². The van der Waals surface area contributed by atoms with Crippen LogP contribution in [0.3, 0.4) is 0 Å². The first kappa shape index (κ1) is 10.8. The van der Waals surface area contributed by atoms with Gasteiger partial charge in [-0.2, -0.15) is 5.26 Å². The van der Waals surface area contributed by atoms with E-state index < -0.39 is 5.91 Å². The summed E-state index contributed by atoms with van der Waals surface area (Å²) in [6.45, 7) is 1.90. The van der Waals surface area contributed by atoms with Crippen LogP contribution in [0.5, 0.6) is 0 Å². The average Bonchev–Trinajstić information content (AvgIpc) is 2.19. The number of nitriles is 1. The molecular formula is C12H10N2O. The molecule has 1 amide bonds. The van der Waals surface area contributed by atoms with Gasteiger partial charge in [-0.1, -0.05) is 17.9 Å². The largest absolute Gasteiger partial charge is 0.369 e. The van der Waals surface area contributed by atoms with Crippen molar-refractivity contribution in [3.05, 3.63) is 34.9 Å². The van der Waals surface area contributed by atoms with Gasteiger partial charge in [0.2, 0.25) is 5.91 Å². The fourth-order valence-electron chi connectivity index (χ4n) is 1.09. The van der Waals surface area contributed by atoms with E-state index in [9.17, 15) is 4.79 Å². The second-order valence-corrected chi connectivity index (χ2v) is 3.11. The number of hydrogen-bond donors (Lipinski definition) is 1. The van der Waals surface area contributed by atoms with Gasteiger partial charge in [-0.15, -0.1) is 0 Å². The molecular weight excluding hydrogens is 188 g/mol. The molecule has 0 heterocycles. The van der Waals surface area contributed by atoms with E-state index in [0.717, 1.165) is 5.56 Å². The molecule has 0 saturated heterocycles. The fraction of sp³-hybridized carbons (Fsp3) is 0.167. The summed E-state index contributed by atoms with van der Waals surface area (Å²) < 4.78 is 0. The first-order valence-electron chi connectivity index (χ1n) is 4.41. The monoisotopic (exact) mass is 198 g/mol. The van der Waals surface area contributed by atoms with E-state index >= 15 is 0 Å². The van der Waals surface area contributed by atoms with Crippen LogP contribution in [0.15, 0.2) is 18.2 Å². The minimum atomic E-state index is -0.465. The molecule has 0 unspecified atom stereocenters. The molecule has 0 radical (unpaired) electrons. The maximum Gasteiger partial charge on any atom is 0.229 e. The molecule has 3 heteroatoms. The van der Waals surface area contributed by atoms with Crippen LogP contribution in [0.1, 0.15) is 23.1 Å². The molecule has 0 aliphatic rings. The minimum Gasteiger partial charge on any atom is -0.369 e. The van der Waals surface area contributed by atoms with Crippen molar-refractivity contribution >= 4 is 5.91 Å². The molecule has 1 rings (SSSR count). The van der Waals surface area contributed by atoms with Gasteiger partial charge in [0.25, 0.3) is 0 Å². The van der Waals surface area contributed by atoms with E-state index in [1.165, 1.54) is 0 Å². The van der Waals surface area contributed by atoms with Gasteiger partial charge in [-0.05, 0) is 24.6 Å². The highest BCUT2D eigenvalue weighted by atomic mass is 16.1. The van der Waals surface area contributed by atoms with Gasteiger partial charge in [-0.25, -0.2) is 0 Å². The summed E-state index contributed by atoms with van der Waals surface area (Å²) >= 11 is 0. The summed E-state index contributed by atoms with van der Waals surface area (Å²) in [5.41, 5.74) is 7.10. The van der Waals surface area contributed by atoms with Crippen molar-refractivity contribution in [2.24, 2.45) is 5.73 Å². The van der Waals surface area contributed by atoms with Crippen LogP contribution in [-0.2, 0) is 4.79 Å². The summed E-state index contributed by atoms with van der Waals surface area (Å²) in [6, 6.07) is 7.45. The maximum absolute atomic E-state index is 10.5. The Labute approximate surface area is 88.5 Å². The molecule has 0 aromatic heterocycles. The lowest BCUT2D eigenvalue weighted by atomic mass is 10.1. The Balaban J connectivity index is 2.99. The van der Waals surface area contributed by atoms with Crippen LogP contribution < -0.4 is 5.73 Å². The van der Waals surface area contributed by atoms with Gasteiger partial charge in [0.1, 0.15) is 6.07 Å². The molecule has 0 bridgehead atoms. The van der Waals surface area contributed by atoms with Gasteiger partial charge < -0.3 is 5.73 Å². The normalized spacial score (nSPS) is 8.53. The second-order valence-electron chi connectivity index (χ2n) is 3.11. The number of hydrogen-bond acceptors (Lipinski definition) is 2. The Hall–Kier alpha value is -2.26. The van der Waals surface area contributed by atoms with Crippen LogP contribution in [0.4, 0.5) is 0 Å². The number of carbonyl (C=O) groups excluding carboxylic acids is 1. The number of amides is 1. The Morgan fingerprint density at radius 1 is 1.47 bits per heavy atom. The number of carbonyl (C=O) groups is 1. The molecule has 0 aliphatic carbocycles. The summed E-state index contributed by atoms with van der Waals surface area (Å²) in [5.74, 6) is 4.90. The van der Waals surface area contributed by atoms with Crippen molar-refractivity contribution in [3.63, 3.8) is 0 Å². The number of primary amides is 1. The van der Waals surface area contributed by atoms with Gasteiger partial charge in [0.05, 0.1) is 12.0 Å². The third-order valence-electron chi connectivity index (χ3n) is 1.78. The highest BCUT2D eigenvalue weighted by Gasteiger charge is 1.98. The summed E-state index contributed by atoms with van der Waals surface area (Å²) in [5, 5.41) is 8.84. The standard InChI is InChI=1S/C12H10N2O/c1-9-5-6-10(11(7-9)8-13)3-2-4-12(14)15/h5-7H,4H2,1H3,(H2,14,15). The molecule has 74 valence electrons. The van der Waals surface area contributed by atoms with E-state index in [-0.39, 0.29) is 6.42 Å². The number of aryl methyl sites for hydroxylation is 1. The third-order valence-corrected chi connectivity index (χ3v) is 1.78. The van der Waals surface area contributed by atoms with Crippen molar-refractivity contribution in [1.29, 1.82) is 5.26 Å². The van der Waals surface area contributed by atoms with Crippen LogP contribution in [0.25, 0.3) is 0 Å². The SMILES string of the molecule is Cc1ccc(C#CCC(N)=O)c(C#N)c1. The third kappa shape index (κ3) is 3.17. The number of benzene rings is 1. The quantitative estimate of drug-likeness (QED) is 0.686. The molecule has 0 fully saturated rings. The Bertz CT molecular complexity index is 487. The minimum absolute atomic E-state index is 0.0126. The molecule has 0 atom stereocenters. The number of nitrogens with two attached hydrogens (primary N) is 1. The highest BCUT2D eigenvalue weighted by Crippen LogP contribution is 2.09. The lowest BCUT2D eigenvalue weighted by Crippen LogP contribution is -2.08. The zero-order chi connectivity index (χ0) is 11.3. The molecule has 2 N–H and O–H groups in total. The Morgan fingerprint density at radius 2 is 2.20 bits per heavy atom. The Kier molecular flexibility index (Phi) is 3.49. The Morgan fingerprint density at radius 3 is 2.80 bits per heavy atom. The molecule has 1 aromatic rings. The van der Waals surface area contributed by atoms with E-state index in [1.54, 1.807) is 12.1 Å². The average molecular weight is 198 g/mol. The van der Waals surface area contributed by atoms with E-state index in [4.69, 9.17) is 11.0 Å². The zero-order valence-corrected chi connectivity index (χ0v) is 8.37. The second kappa shape index (κ2) is 4.83. The van der Waals surface area contributed by atoms with Crippen molar-refractivity contribution in [2.45, 2.75) is 13.3 Å². The maximum atomic E-state index is 10.5. The first-order valence-corrected chi connectivity index (χ1v) is 4.41. The van der Waals surface area contributed by atoms with Gasteiger partial charge in [-0.3, -0.25) is 4.79 Å². The smallest absolute Gasteiger partial charge is 0.229 e. The fourth-order valence-corrected chi connectivity index (χ4v) is 1.09. The molecule has 0 aliphatic heterocycles. The first-order chi connectivity index (χ1) is 7.13. The molecule has 15 heavy (non-hydrogen) atoms. The number of rotatable bonds is 1. The van der Waals surface area contributed by atoms with Crippen molar-refractivity contribution in [1.82, 2.24) is 0 Å². The number of nitrogens with zero attached hydrogens (tertiary/aromatic N) is 1. The van der Waals surface area contributed by atoms with Gasteiger partial charge in [0.15, 0.2) is 0 Å². The van der Waals surface area contributed by atoms with E-state index in [1.807, 2.05) is 13.0 Å². The topological polar surface area (TPSA) is 66.9 Å². The summed E-state index contributed by atoms with van der Waals surface area (Å²) in [7, 11) is 0. The van der Waals surface area contributed by atoms with Crippen LogP contribution >= 0.6 is 0 Å². The molecule has 1 aromatic carbocycles. The van der Waals surface area contributed by atoms with Crippen LogP contribution in [0, 0.1) is 30.1 Å². The summed E-state index contributed by atoms with van der Waals surface area (Å²) in [4.78, 5) is 10.5. The molecule has 0 spiro atoms. The van der Waals surface area contributed by atoms with E-state index in [0.29, 0.717) is 11.1 Å². The predicted octanol–water partition coefficient (Wildman–Crippen LogP) is 1.09. The van der Waals surface area contributed by atoms with Gasteiger partial charge >= 0.3 is 0 Å². The molecule has 0 saturated carbocycles. The van der Waals surface area contributed by atoms with Crippen molar-refractivity contribution in [2.75, 3.05) is 0 Å². The van der Waals surface area contributed by atoms with Crippen LogP contribution in [-0.4, -0.2) is 5.91 Å². The molecule has 3 nitrogen and oxygen atoms in total. The zero-order valence-electron chi connectivity index (χ0n) is 8.37. The van der Waals surface area contributed by atoms with Crippen molar-refractivity contribution < 1.29 is 4.79 Å². The van der Waals surface area contributed by atoms with Gasteiger partial charge in [0, 0.05) is 5.56 Å². The van der Waals surface area contributed by atoms with E-state index in [2.05, 4.69) is 17.9 Å².